The van der Waals surface area contributed by atoms with Crippen molar-refractivity contribution in [3.63, 3.8) is 0 Å². The van der Waals surface area contributed by atoms with Crippen LogP contribution >= 0.6 is 0 Å². The summed E-state index contributed by atoms with van der Waals surface area (Å²) >= 11 is 0. The molecule has 104 valence electrons. The summed E-state index contributed by atoms with van der Waals surface area (Å²) in [6.45, 7) is 11.1. The Morgan fingerprint density at radius 3 is 2.17 bits per heavy atom. The second kappa shape index (κ2) is 4.52. The molecule has 3 heteroatoms. The monoisotopic (exact) mass is 253 g/mol. The Labute approximate surface area is 111 Å². The van der Waals surface area contributed by atoms with Crippen LogP contribution in [0.4, 0.5) is 0 Å². The zero-order valence-electron chi connectivity index (χ0n) is 12.2. The largest absolute Gasteiger partial charge is 0.481 e. The van der Waals surface area contributed by atoms with E-state index in [1.807, 2.05) is 0 Å². The van der Waals surface area contributed by atoms with Gasteiger partial charge in [0.2, 0.25) is 0 Å². The standard InChI is InChI=1S/C15H27NO2/c1-14(2)7-12(8-15(3,4)10-14)16-6-5-11(9-16)13(17)18/h11-12H,5-10H2,1-4H3,(H,17,18). The molecule has 1 saturated heterocycles. The third-order valence-corrected chi connectivity index (χ3v) is 4.62. The van der Waals surface area contributed by atoms with Crippen LogP contribution in [0.25, 0.3) is 0 Å². The van der Waals surface area contributed by atoms with Crippen LogP contribution in [0.5, 0.6) is 0 Å². The van der Waals surface area contributed by atoms with E-state index in [9.17, 15) is 4.79 Å². The molecule has 0 aromatic rings. The molecular formula is C15H27NO2. The Hall–Kier alpha value is -0.570. The zero-order chi connectivity index (χ0) is 13.6. The number of nitrogens with zero attached hydrogens (tertiary/aromatic N) is 1. The van der Waals surface area contributed by atoms with E-state index >= 15 is 0 Å². The Balaban J connectivity index is 2.03. The van der Waals surface area contributed by atoms with Gasteiger partial charge in [-0.2, -0.15) is 0 Å². The van der Waals surface area contributed by atoms with Crippen molar-refractivity contribution in [1.29, 1.82) is 0 Å². The van der Waals surface area contributed by atoms with Crippen molar-refractivity contribution < 1.29 is 9.90 Å². The van der Waals surface area contributed by atoms with Crippen molar-refractivity contribution in [3.05, 3.63) is 0 Å². The predicted octanol–water partition coefficient (Wildman–Crippen LogP) is 3.00. The molecule has 0 aromatic heterocycles. The van der Waals surface area contributed by atoms with E-state index < -0.39 is 5.97 Å². The molecule has 2 fully saturated rings. The summed E-state index contributed by atoms with van der Waals surface area (Å²) in [6.07, 6.45) is 4.52. The molecule has 1 aliphatic carbocycles. The van der Waals surface area contributed by atoms with Gasteiger partial charge in [0.15, 0.2) is 0 Å². The van der Waals surface area contributed by atoms with Gasteiger partial charge in [0.1, 0.15) is 0 Å². The summed E-state index contributed by atoms with van der Waals surface area (Å²) < 4.78 is 0. The van der Waals surface area contributed by atoms with Gasteiger partial charge in [-0.15, -0.1) is 0 Å². The molecule has 1 N–H and O–H groups in total. The minimum atomic E-state index is -0.619. The van der Waals surface area contributed by atoms with Crippen LogP contribution in [0, 0.1) is 16.7 Å². The van der Waals surface area contributed by atoms with E-state index in [4.69, 9.17) is 5.11 Å². The SMILES string of the molecule is CC1(C)CC(N2CCC(C(=O)O)C2)CC(C)(C)C1. The maximum atomic E-state index is 11.1. The normalized spacial score (nSPS) is 32.6. The molecule has 2 aliphatic rings. The van der Waals surface area contributed by atoms with E-state index in [1.54, 1.807) is 0 Å². The van der Waals surface area contributed by atoms with Gasteiger partial charge in [-0.3, -0.25) is 9.69 Å². The van der Waals surface area contributed by atoms with Crippen molar-refractivity contribution in [2.45, 2.75) is 59.4 Å². The van der Waals surface area contributed by atoms with Gasteiger partial charge in [-0.05, 0) is 43.1 Å². The first-order valence-electron chi connectivity index (χ1n) is 7.15. The first-order valence-corrected chi connectivity index (χ1v) is 7.15. The molecule has 0 bridgehead atoms. The van der Waals surface area contributed by atoms with Gasteiger partial charge in [-0.25, -0.2) is 0 Å². The van der Waals surface area contributed by atoms with Crippen molar-refractivity contribution in [3.8, 4) is 0 Å². The van der Waals surface area contributed by atoms with Crippen LogP contribution in [0.2, 0.25) is 0 Å². The van der Waals surface area contributed by atoms with Gasteiger partial charge in [0.25, 0.3) is 0 Å². The number of carboxylic acids is 1. The quantitative estimate of drug-likeness (QED) is 0.822. The fraction of sp³-hybridized carbons (Fsp3) is 0.933. The Kier molecular flexibility index (Phi) is 3.48. The number of carbonyl (C=O) groups is 1. The maximum absolute atomic E-state index is 11.1. The fourth-order valence-corrected chi connectivity index (χ4v) is 4.37. The van der Waals surface area contributed by atoms with Crippen molar-refractivity contribution in [1.82, 2.24) is 4.90 Å². The van der Waals surface area contributed by atoms with Crippen LogP contribution in [-0.2, 0) is 4.79 Å². The first-order chi connectivity index (χ1) is 8.19. The summed E-state index contributed by atoms with van der Waals surface area (Å²) in [4.78, 5) is 13.5. The van der Waals surface area contributed by atoms with E-state index in [0.717, 1.165) is 19.5 Å². The zero-order valence-corrected chi connectivity index (χ0v) is 12.2. The van der Waals surface area contributed by atoms with E-state index in [0.29, 0.717) is 16.9 Å². The molecule has 0 aromatic carbocycles. The van der Waals surface area contributed by atoms with Crippen LogP contribution in [0.1, 0.15) is 53.4 Å². The van der Waals surface area contributed by atoms with Crippen LogP contribution in [-0.4, -0.2) is 35.1 Å². The van der Waals surface area contributed by atoms with Gasteiger partial charge in [0.05, 0.1) is 5.92 Å². The summed E-state index contributed by atoms with van der Waals surface area (Å²) in [5.41, 5.74) is 0.765. The highest BCUT2D eigenvalue weighted by atomic mass is 16.4. The Bertz CT molecular complexity index is 319. The number of aliphatic carboxylic acids is 1. The predicted molar refractivity (Wildman–Crippen MR) is 72.5 cm³/mol. The van der Waals surface area contributed by atoms with E-state index in [2.05, 4.69) is 32.6 Å². The highest BCUT2D eigenvalue weighted by Gasteiger charge is 2.42. The summed E-state index contributed by atoms with van der Waals surface area (Å²) in [5.74, 6) is -0.759. The lowest BCUT2D eigenvalue weighted by atomic mass is 9.63. The maximum Gasteiger partial charge on any atom is 0.307 e. The first kappa shape index (κ1) is 13.9. The number of rotatable bonds is 2. The van der Waals surface area contributed by atoms with Gasteiger partial charge in [-0.1, -0.05) is 27.7 Å². The lowest BCUT2D eigenvalue weighted by Crippen LogP contribution is -2.45. The average molecular weight is 253 g/mol. The molecule has 1 unspecified atom stereocenters. The third kappa shape index (κ3) is 3.05. The van der Waals surface area contributed by atoms with Crippen molar-refractivity contribution in [2.24, 2.45) is 16.7 Å². The van der Waals surface area contributed by atoms with Crippen molar-refractivity contribution in [2.75, 3.05) is 13.1 Å². The van der Waals surface area contributed by atoms with E-state index in [-0.39, 0.29) is 5.92 Å². The average Bonchev–Trinajstić information content (AvgIpc) is 2.60. The second-order valence-electron chi connectivity index (χ2n) is 7.89. The highest BCUT2D eigenvalue weighted by Crippen LogP contribution is 2.47. The van der Waals surface area contributed by atoms with Gasteiger partial charge >= 0.3 is 5.97 Å². The van der Waals surface area contributed by atoms with Crippen LogP contribution < -0.4 is 0 Å². The fourth-order valence-electron chi connectivity index (χ4n) is 4.37. The van der Waals surface area contributed by atoms with Gasteiger partial charge < -0.3 is 5.11 Å². The Morgan fingerprint density at radius 2 is 1.72 bits per heavy atom. The third-order valence-electron chi connectivity index (χ3n) is 4.62. The molecule has 0 radical (unpaired) electrons. The van der Waals surface area contributed by atoms with Gasteiger partial charge in [0, 0.05) is 12.6 Å². The molecular weight excluding hydrogens is 226 g/mol. The highest BCUT2D eigenvalue weighted by molar-refractivity contribution is 5.70. The summed E-state index contributed by atoms with van der Waals surface area (Å²) in [5, 5.41) is 9.11. The molecule has 0 spiro atoms. The second-order valence-corrected chi connectivity index (χ2v) is 7.89. The lowest BCUT2D eigenvalue weighted by Gasteiger charge is -2.47. The lowest BCUT2D eigenvalue weighted by molar-refractivity contribution is -0.141. The number of hydrogen-bond donors (Lipinski definition) is 1. The molecule has 1 heterocycles. The summed E-state index contributed by atoms with van der Waals surface area (Å²) in [6, 6.07) is 0.577. The van der Waals surface area contributed by atoms with Crippen molar-refractivity contribution >= 4 is 5.97 Å². The molecule has 1 atom stereocenters. The molecule has 18 heavy (non-hydrogen) atoms. The minimum absolute atomic E-state index is 0.141. The molecule has 1 saturated carbocycles. The minimum Gasteiger partial charge on any atom is -0.481 e. The van der Waals surface area contributed by atoms with Crippen LogP contribution in [0.3, 0.4) is 0 Å². The number of carboxylic acid groups (broad SMARTS) is 1. The molecule has 1 aliphatic heterocycles. The summed E-state index contributed by atoms with van der Waals surface area (Å²) in [7, 11) is 0. The van der Waals surface area contributed by atoms with Crippen LogP contribution in [0.15, 0.2) is 0 Å². The topological polar surface area (TPSA) is 40.5 Å². The Morgan fingerprint density at radius 1 is 1.17 bits per heavy atom. The smallest absolute Gasteiger partial charge is 0.307 e. The molecule has 3 nitrogen and oxygen atoms in total. The van der Waals surface area contributed by atoms with E-state index in [1.165, 1.54) is 19.3 Å². The molecule has 0 amide bonds. The number of hydrogen-bond acceptors (Lipinski definition) is 2. The number of likely N-dealkylation sites (tertiary alicyclic amines) is 1. The molecule has 2 rings (SSSR count).